The van der Waals surface area contributed by atoms with Crippen LogP contribution in [-0.2, 0) is 10.0 Å². The summed E-state index contributed by atoms with van der Waals surface area (Å²) in [4.78, 5) is 0. The first-order chi connectivity index (χ1) is 7.37. The average molecular weight is 242 g/mol. The number of rotatable bonds is 5. The van der Waals surface area contributed by atoms with Gasteiger partial charge in [-0.05, 0) is 30.2 Å². The monoisotopic (exact) mass is 242 g/mol. The van der Waals surface area contributed by atoms with E-state index in [1.807, 2.05) is 12.1 Å². The van der Waals surface area contributed by atoms with Gasteiger partial charge in [0.15, 0.2) is 0 Å². The minimum absolute atomic E-state index is 0.578. The highest BCUT2D eigenvalue weighted by atomic mass is 32.2. The Kier molecular flexibility index (Phi) is 4.18. The van der Waals surface area contributed by atoms with Crippen molar-refractivity contribution in [1.82, 2.24) is 0 Å². The van der Waals surface area contributed by atoms with Crippen LogP contribution in [0.3, 0.4) is 0 Å². The summed E-state index contributed by atoms with van der Waals surface area (Å²) in [7, 11) is -3.19. The summed E-state index contributed by atoms with van der Waals surface area (Å²) in [6.45, 7) is 5.16. The van der Waals surface area contributed by atoms with Crippen LogP contribution in [0.1, 0.15) is 13.8 Å². The molecule has 0 bridgehead atoms. The number of hydrogen-bond acceptors (Lipinski definition) is 3. The van der Waals surface area contributed by atoms with Gasteiger partial charge in [-0.3, -0.25) is 4.72 Å². The van der Waals surface area contributed by atoms with E-state index in [1.165, 1.54) is 0 Å². The third-order valence-electron chi connectivity index (χ3n) is 1.90. The van der Waals surface area contributed by atoms with Crippen LogP contribution in [0.4, 0.5) is 11.4 Å². The van der Waals surface area contributed by atoms with Crippen LogP contribution in [-0.4, -0.2) is 21.2 Å². The molecule has 0 amide bonds. The molecular weight excluding hydrogens is 224 g/mol. The van der Waals surface area contributed by atoms with Crippen LogP contribution in [0, 0.1) is 5.92 Å². The highest BCUT2D eigenvalue weighted by molar-refractivity contribution is 7.92. The zero-order chi connectivity index (χ0) is 12.2. The zero-order valence-electron chi connectivity index (χ0n) is 9.82. The molecule has 0 aliphatic heterocycles. The van der Waals surface area contributed by atoms with E-state index in [9.17, 15) is 8.42 Å². The second-order valence-corrected chi connectivity index (χ2v) is 5.97. The first-order valence-electron chi connectivity index (χ1n) is 5.18. The third kappa shape index (κ3) is 5.02. The van der Waals surface area contributed by atoms with Crippen molar-refractivity contribution in [3.63, 3.8) is 0 Å². The lowest BCUT2D eigenvalue weighted by atomic mass is 10.2. The van der Waals surface area contributed by atoms with Gasteiger partial charge in [0.05, 0.1) is 6.26 Å². The van der Waals surface area contributed by atoms with Crippen LogP contribution in [0.15, 0.2) is 24.3 Å². The maximum Gasteiger partial charge on any atom is 0.229 e. The Morgan fingerprint density at radius 3 is 2.06 bits per heavy atom. The molecule has 0 aromatic heterocycles. The molecule has 0 heterocycles. The van der Waals surface area contributed by atoms with Crippen molar-refractivity contribution >= 4 is 21.4 Å². The number of benzene rings is 1. The van der Waals surface area contributed by atoms with Gasteiger partial charge in [0.2, 0.25) is 10.0 Å². The van der Waals surface area contributed by atoms with E-state index in [-0.39, 0.29) is 0 Å². The van der Waals surface area contributed by atoms with E-state index < -0.39 is 10.0 Å². The fourth-order valence-electron chi connectivity index (χ4n) is 1.19. The lowest BCUT2D eigenvalue weighted by molar-refractivity contribution is 0.607. The van der Waals surface area contributed by atoms with Crippen LogP contribution in [0.5, 0.6) is 0 Å². The Labute approximate surface area is 97.1 Å². The highest BCUT2D eigenvalue weighted by Crippen LogP contribution is 2.14. The van der Waals surface area contributed by atoms with E-state index >= 15 is 0 Å². The predicted molar refractivity (Wildman–Crippen MR) is 68.2 cm³/mol. The van der Waals surface area contributed by atoms with Gasteiger partial charge >= 0.3 is 0 Å². The molecule has 90 valence electrons. The fraction of sp³-hybridized carbons (Fsp3) is 0.455. The molecular formula is C11H18N2O2S. The largest absolute Gasteiger partial charge is 0.385 e. The minimum atomic E-state index is -3.19. The first-order valence-corrected chi connectivity index (χ1v) is 7.07. The van der Waals surface area contributed by atoms with Gasteiger partial charge in [-0.1, -0.05) is 13.8 Å². The summed E-state index contributed by atoms with van der Waals surface area (Å²) in [5, 5.41) is 3.26. The van der Waals surface area contributed by atoms with E-state index in [0.717, 1.165) is 18.5 Å². The zero-order valence-corrected chi connectivity index (χ0v) is 10.6. The Morgan fingerprint density at radius 2 is 1.62 bits per heavy atom. The van der Waals surface area contributed by atoms with E-state index in [2.05, 4.69) is 23.9 Å². The third-order valence-corrected chi connectivity index (χ3v) is 2.51. The summed E-state index contributed by atoms with van der Waals surface area (Å²) < 4.78 is 24.4. The lowest BCUT2D eigenvalue weighted by Gasteiger charge is -2.09. The average Bonchev–Trinajstić information content (AvgIpc) is 2.14. The van der Waals surface area contributed by atoms with Crippen molar-refractivity contribution < 1.29 is 8.42 Å². The highest BCUT2D eigenvalue weighted by Gasteiger charge is 2.01. The van der Waals surface area contributed by atoms with Gasteiger partial charge in [0.25, 0.3) is 0 Å². The number of hydrogen-bond donors (Lipinski definition) is 2. The lowest BCUT2D eigenvalue weighted by Crippen LogP contribution is -2.10. The standard InChI is InChI=1S/C11H18N2O2S/c1-9(2)8-12-10-4-6-11(7-5-10)13-16(3,14)15/h4-7,9,12-13H,8H2,1-3H3. The van der Waals surface area contributed by atoms with Crippen molar-refractivity contribution in [2.45, 2.75) is 13.8 Å². The molecule has 5 heteroatoms. The Hall–Kier alpha value is -1.23. The van der Waals surface area contributed by atoms with Gasteiger partial charge < -0.3 is 5.32 Å². The van der Waals surface area contributed by atoms with E-state index in [1.54, 1.807) is 12.1 Å². The molecule has 0 unspecified atom stereocenters. The second-order valence-electron chi connectivity index (χ2n) is 4.23. The molecule has 1 rings (SSSR count). The quantitative estimate of drug-likeness (QED) is 0.831. The van der Waals surface area contributed by atoms with Gasteiger partial charge in [-0.25, -0.2) is 8.42 Å². The molecule has 0 spiro atoms. The summed E-state index contributed by atoms with van der Waals surface area (Å²) in [5.74, 6) is 0.578. The summed E-state index contributed by atoms with van der Waals surface area (Å²) in [5.41, 5.74) is 1.57. The van der Waals surface area contributed by atoms with E-state index in [0.29, 0.717) is 11.6 Å². The normalized spacial score (nSPS) is 11.5. The smallest absolute Gasteiger partial charge is 0.229 e. The molecule has 0 aliphatic rings. The molecule has 0 saturated carbocycles. The van der Waals surface area contributed by atoms with Crippen LogP contribution < -0.4 is 10.0 Å². The predicted octanol–water partition coefficient (Wildman–Crippen LogP) is 2.13. The molecule has 0 saturated heterocycles. The maximum atomic E-state index is 11.0. The van der Waals surface area contributed by atoms with E-state index in [4.69, 9.17) is 0 Å². The molecule has 0 radical (unpaired) electrons. The molecule has 0 atom stereocenters. The molecule has 1 aromatic carbocycles. The SMILES string of the molecule is CC(C)CNc1ccc(NS(C)(=O)=O)cc1. The van der Waals surface area contributed by atoms with Crippen LogP contribution >= 0.6 is 0 Å². The van der Waals surface area contributed by atoms with Crippen LogP contribution in [0.2, 0.25) is 0 Å². The maximum absolute atomic E-state index is 11.0. The summed E-state index contributed by atoms with van der Waals surface area (Å²) in [6.07, 6.45) is 1.14. The number of sulfonamides is 1. The van der Waals surface area contributed by atoms with Crippen molar-refractivity contribution in [1.29, 1.82) is 0 Å². The first kappa shape index (κ1) is 12.8. The molecule has 0 fully saturated rings. The molecule has 2 N–H and O–H groups in total. The molecule has 4 nitrogen and oxygen atoms in total. The minimum Gasteiger partial charge on any atom is -0.385 e. The fourth-order valence-corrected chi connectivity index (χ4v) is 1.76. The summed E-state index contributed by atoms with van der Waals surface area (Å²) in [6, 6.07) is 7.19. The Balaban J connectivity index is 2.61. The Morgan fingerprint density at radius 1 is 1.12 bits per heavy atom. The van der Waals surface area contributed by atoms with Gasteiger partial charge in [-0.2, -0.15) is 0 Å². The van der Waals surface area contributed by atoms with Gasteiger partial charge in [0.1, 0.15) is 0 Å². The topological polar surface area (TPSA) is 58.2 Å². The van der Waals surface area contributed by atoms with Crippen molar-refractivity contribution in [2.24, 2.45) is 5.92 Å². The van der Waals surface area contributed by atoms with Crippen molar-refractivity contribution in [2.75, 3.05) is 22.8 Å². The Bertz CT molecular complexity index is 424. The van der Waals surface area contributed by atoms with Gasteiger partial charge in [0, 0.05) is 17.9 Å². The van der Waals surface area contributed by atoms with Crippen molar-refractivity contribution in [3.8, 4) is 0 Å². The van der Waals surface area contributed by atoms with Gasteiger partial charge in [-0.15, -0.1) is 0 Å². The molecule has 16 heavy (non-hydrogen) atoms. The van der Waals surface area contributed by atoms with Crippen molar-refractivity contribution in [3.05, 3.63) is 24.3 Å². The van der Waals surface area contributed by atoms with Crippen LogP contribution in [0.25, 0.3) is 0 Å². The molecule has 1 aromatic rings. The molecule has 0 aliphatic carbocycles. The second kappa shape index (κ2) is 5.21. The summed E-state index contributed by atoms with van der Waals surface area (Å²) >= 11 is 0. The number of nitrogens with one attached hydrogen (secondary N) is 2. The number of anilines is 2.